The minimum Gasteiger partial charge on any atom is -0.387 e. The molecule has 0 aliphatic heterocycles. The van der Waals surface area contributed by atoms with Crippen LogP contribution in [0.1, 0.15) is 37.5 Å². The fraction of sp³-hybridized carbons (Fsp3) is 0.294. The molecule has 1 N–H and O–H groups in total. The molecule has 2 aromatic carbocycles. The molecule has 94 valence electrons. The first kappa shape index (κ1) is 12.8. The highest BCUT2D eigenvalue weighted by molar-refractivity contribution is 5.31. The first-order chi connectivity index (χ1) is 8.68. The Morgan fingerprint density at radius 1 is 0.944 bits per heavy atom. The fourth-order valence-corrected chi connectivity index (χ4v) is 2.38. The summed E-state index contributed by atoms with van der Waals surface area (Å²) in [5.74, 6) is 0. The molecule has 2 aromatic rings. The van der Waals surface area contributed by atoms with E-state index in [0.717, 1.165) is 12.0 Å². The number of benzene rings is 2. The zero-order valence-electron chi connectivity index (χ0n) is 11.0. The Morgan fingerprint density at radius 2 is 1.44 bits per heavy atom. The van der Waals surface area contributed by atoms with Crippen molar-refractivity contribution in [2.24, 2.45) is 0 Å². The molecule has 0 radical (unpaired) electrons. The van der Waals surface area contributed by atoms with E-state index in [1.807, 2.05) is 48.5 Å². The van der Waals surface area contributed by atoms with Crippen LogP contribution in [-0.4, -0.2) is 5.11 Å². The molecule has 0 saturated carbocycles. The van der Waals surface area contributed by atoms with Gasteiger partial charge in [0.1, 0.15) is 0 Å². The Labute approximate surface area is 109 Å². The normalized spacial score (nSPS) is 15.9. The predicted molar refractivity (Wildman–Crippen MR) is 75.5 cm³/mol. The van der Waals surface area contributed by atoms with Crippen LogP contribution in [-0.2, 0) is 5.41 Å². The van der Waals surface area contributed by atoms with Crippen molar-refractivity contribution in [2.45, 2.75) is 31.8 Å². The number of hydrogen-bond donors (Lipinski definition) is 1. The molecule has 0 amide bonds. The summed E-state index contributed by atoms with van der Waals surface area (Å²) in [5.41, 5.74) is 1.91. The lowest BCUT2D eigenvalue weighted by Gasteiger charge is -2.34. The predicted octanol–water partition coefficient (Wildman–Crippen LogP) is 4.09. The Hall–Kier alpha value is -1.60. The van der Waals surface area contributed by atoms with Crippen LogP contribution < -0.4 is 0 Å². The van der Waals surface area contributed by atoms with Gasteiger partial charge >= 0.3 is 0 Å². The van der Waals surface area contributed by atoms with Gasteiger partial charge in [0.2, 0.25) is 0 Å². The van der Waals surface area contributed by atoms with Crippen LogP contribution in [0.2, 0.25) is 0 Å². The Kier molecular flexibility index (Phi) is 3.83. The average Bonchev–Trinajstić information content (AvgIpc) is 2.47. The number of aliphatic hydroxyl groups excluding tert-OH is 1. The molecule has 2 unspecified atom stereocenters. The van der Waals surface area contributed by atoms with Crippen molar-refractivity contribution in [1.29, 1.82) is 0 Å². The van der Waals surface area contributed by atoms with Gasteiger partial charge in [-0.25, -0.2) is 0 Å². The van der Waals surface area contributed by atoms with Crippen LogP contribution in [0.15, 0.2) is 60.7 Å². The van der Waals surface area contributed by atoms with E-state index in [9.17, 15) is 5.11 Å². The van der Waals surface area contributed by atoms with E-state index in [4.69, 9.17) is 0 Å². The van der Waals surface area contributed by atoms with E-state index in [-0.39, 0.29) is 5.41 Å². The molecule has 2 atom stereocenters. The Bertz CT molecular complexity index is 477. The van der Waals surface area contributed by atoms with Gasteiger partial charge in [-0.1, -0.05) is 74.5 Å². The van der Waals surface area contributed by atoms with Gasteiger partial charge in [0.15, 0.2) is 0 Å². The molecule has 0 aliphatic rings. The lowest BCUT2D eigenvalue weighted by Crippen LogP contribution is -2.29. The molecule has 0 aromatic heterocycles. The molecule has 0 saturated heterocycles. The highest BCUT2D eigenvalue weighted by Crippen LogP contribution is 2.39. The molecule has 1 heteroatoms. The molecule has 2 rings (SSSR count). The van der Waals surface area contributed by atoms with E-state index >= 15 is 0 Å². The third-order valence-electron chi connectivity index (χ3n) is 3.89. The smallest absolute Gasteiger partial charge is 0.0883 e. The van der Waals surface area contributed by atoms with Gasteiger partial charge in [-0.2, -0.15) is 0 Å². The van der Waals surface area contributed by atoms with Gasteiger partial charge in [-0.05, 0) is 17.5 Å². The minimum absolute atomic E-state index is 0.247. The highest BCUT2D eigenvalue weighted by Gasteiger charge is 2.33. The standard InChI is InChI=1S/C17H20O/c1-3-17(2,15-12-8-5-9-13-15)16(18)14-10-6-4-7-11-14/h4-13,16,18H,3H2,1-2H3. The Morgan fingerprint density at radius 3 is 1.94 bits per heavy atom. The molecular weight excluding hydrogens is 220 g/mol. The zero-order valence-corrected chi connectivity index (χ0v) is 11.0. The molecular formula is C17H20O. The second kappa shape index (κ2) is 5.36. The largest absolute Gasteiger partial charge is 0.387 e. The summed E-state index contributed by atoms with van der Waals surface area (Å²) in [6.45, 7) is 4.25. The third kappa shape index (κ3) is 2.32. The maximum absolute atomic E-state index is 10.7. The monoisotopic (exact) mass is 240 g/mol. The van der Waals surface area contributed by atoms with Crippen LogP contribution in [0.25, 0.3) is 0 Å². The van der Waals surface area contributed by atoms with Gasteiger partial charge in [-0.3, -0.25) is 0 Å². The lowest BCUT2D eigenvalue weighted by atomic mass is 9.73. The van der Waals surface area contributed by atoms with Crippen LogP contribution >= 0.6 is 0 Å². The van der Waals surface area contributed by atoms with Gasteiger partial charge in [0.25, 0.3) is 0 Å². The van der Waals surface area contributed by atoms with Gasteiger partial charge in [0, 0.05) is 5.41 Å². The quantitative estimate of drug-likeness (QED) is 0.853. The highest BCUT2D eigenvalue weighted by atomic mass is 16.3. The molecule has 0 spiro atoms. The van der Waals surface area contributed by atoms with Gasteiger partial charge in [0.05, 0.1) is 6.10 Å². The van der Waals surface area contributed by atoms with E-state index in [1.54, 1.807) is 0 Å². The van der Waals surface area contributed by atoms with Crippen molar-refractivity contribution in [1.82, 2.24) is 0 Å². The van der Waals surface area contributed by atoms with Crippen molar-refractivity contribution in [3.8, 4) is 0 Å². The van der Waals surface area contributed by atoms with Crippen LogP contribution in [0.5, 0.6) is 0 Å². The maximum Gasteiger partial charge on any atom is 0.0883 e. The van der Waals surface area contributed by atoms with E-state index in [1.165, 1.54) is 5.56 Å². The molecule has 0 fully saturated rings. The first-order valence-electron chi connectivity index (χ1n) is 6.47. The SMILES string of the molecule is CCC(C)(c1ccccc1)C(O)c1ccccc1. The van der Waals surface area contributed by atoms with E-state index in [0.29, 0.717) is 0 Å². The summed E-state index contributed by atoms with van der Waals surface area (Å²) in [6.07, 6.45) is 0.415. The number of rotatable bonds is 4. The molecule has 18 heavy (non-hydrogen) atoms. The van der Waals surface area contributed by atoms with Crippen LogP contribution in [0, 0.1) is 0 Å². The van der Waals surface area contributed by atoms with Crippen molar-refractivity contribution in [3.63, 3.8) is 0 Å². The number of hydrogen-bond acceptors (Lipinski definition) is 1. The van der Waals surface area contributed by atoms with Gasteiger partial charge < -0.3 is 5.11 Å². The van der Waals surface area contributed by atoms with Crippen molar-refractivity contribution in [2.75, 3.05) is 0 Å². The van der Waals surface area contributed by atoms with Crippen molar-refractivity contribution in [3.05, 3.63) is 71.8 Å². The zero-order chi connectivity index (χ0) is 13.0. The molecule has 0 aliphatic carbocycles. The maximum atomic E-state index is 10.7. The summed E-state index contributed by atoms with van der Waals surface area (Å²) in [7, 11) is 0. The van der Waals surface area contributed by atoms with E-state index < -0.39 is 6.10 Å². The summed E-state index contributed by atoms with van der Waals surface area (Å²) in [6, 6.07) is 20.1. The van der Waals surface area contributed by atoms with Crippen LogP contribution in [0.3, 0.4) is 0 Å². The molecule has 1 nitrogen and oxygen atoms in total. The topological polar surface area (TPSA) is 20.2 Å². The van der Waals surface area contributed by atoms with Crippen LogP contribution in [0.4, 0.5) is 0 Å². The van der Waals surface area contributed by atoms with Crippen molar-refractivity contribution < 1.29 is 5.11 Å². The fourth-order valence-electron chi connectivity index (χ4n) is 2.38. The number of aliphatic hydroxyl groups is 1. The summed E-state index contributed by atoms with van der Waals surface area (Å²) < 4.78 is 0. The molecule has 0 heterocycles. The third-order valence-corrected chi connectivity index (χ3v) is 3.89. The second-order valence-corrected chi connectivity index (χ2v) is 4.95. The summed E-state index contributed by atoms with van der Waals surface area (Å²) in [5, 5.41) is 10.7. The average molecular weight is 240 g/mol. The second-order valence-electron chi connectivity index (χ2n) is 4.95. The molecule has 0 bridgehead atoms. The van der Waals surface area contributed by atoms with Gasteiger partial charge in [-0.15, -0.1) is 0 Å². The van der Waals surface area contributed by atoms with Crippen molar-refractivity contribution >= 4 is 0 Å². The Balaban J connectivity index is 2.39. The summed E-state index contributed by atoms with van der Waals surface area (Å²) >= 11 is 0. The van der Waals surface area contributed by atoms with E-state index in [2.05, 4.69) is 26.0 Å². The first-order valence-corrected chi connectivity index (χ1v) is 6.47. The summed E-state index contributed by atoms with van der Waals surface area (Å²) in [4.78, 5) is 0. The lowest BCUT2D eigenvalue weighted by molar-refractivity contribution is 0.0869. The minimum atomic E-state index is -0.480.